The number of nitrogens with one attached hydrogen (secondary N) is 1. The Morgan fingerprint density at radius 2 is 1.73 bits per heavy atom. The van der Waals surface area contributed by atoms with Crippen molar-refractivity contribution in [1.29, 1.82) is 0 Å². The summed E-state index contributed by atoms with van der Waals surface area (Å²) in [5.41, 5.74) is 3.80. The SMILES string of the molecule is COC1C(OC(N)=O)C(O)[C@H](Oc2ccc3c(O)c(NS(=O)(=O)c4cccc(-c5ccccc5)c4)c(=O)oc3c2C)OC1(C)C. The Kier molecular flexibility index (Phi) is 8.51. The Hall–Kier alpha value is -4.63. The van der Waals surface area contributed by atoms with Crippen molar-refractivity contribution >= 4 is 32.8 Å². The second-order valence-corrected chi connectivity index (χ2v) is 12.6. The van der Waals surface area contributed by atoms with E-state index in [1.807, 2.05) is 30.3 Å². The molecule has 4 aromatic rings. The zero-order valence-corrected chi connectivity index (χ0v) is 25.5. The van der Waals surface area contributed by atoms with Crippen LogP contribution < -0.4 is 20.8 Å². The number of rotatable bonds is 8. The molecule has 0 bridgehead atoms. The second-order valence-electron chi connectivity index (χ2n) is 10.9. The number of sulfonamides is 1. The summed E-state index contributed by atoms with van der Waals surface area (Å²) in [6, 6.07) is 18.0. The molecule has 1 saturated heterocycles. The number of anilines is 1. The highest BCUT2D eigenvalue weighted by Gasteiger charge is 2.53. The lowest BCUT2D eigenvalue weighted by Gasteiger charge is -2.47. The quantitative estimate of drug-likeness (QED) is 0.205. The number of benzene rings is 3. The van der Waals surface area contributed by atoms with Gasteiger partial charge < -0.3 is 39.3 Å². The molecule has 1 aromatic heterocycles. The Bertz CT molecular complexity index is 1910. The number of ether oxygens (including phenoxy) is 4. The largest absolute Gasteiger partial charge is 0.505 e. The van der Waals surface area contributed by atoms with Crippen LogP contribution in [-0.2, 0) is 24.2 Å². The van der Waals surface area contributed by atoms with Crippen LogP contribution >= 0.6 is 0 Å². The van der Waals surface area contributed by atoms with E-state index >= 15 is 0 Å². The van der Waals surface area contributed by atoms with E-state index in [0.29, 0.717) is 5.56 Å². The van der Waals surface area contributed by atoms with Gasteiger partial charge in [-0.3, -0.25) is 4.72 Å². The summed E-state index contributed by atoms with van der Waals surface area (Å²) < 4.78 is 56.5. The molecule has 0 aliphatic carbocycles. The summed E-state index contributed by atoms with van der Waals surface area (Å²) in [5, 5.41) is 22.0. The fraction of sp³-hybridized carbons (Fsp3) is 0.290. The first kappa shape index (κ1) is 31.8. The smallest absolute Gasteiger partial charge is 0.404 e. The molecule has 1 aliphatic heterocycles. The van der Waals surface area contributed by atoms with Crippen LogP contribution in [0.1, 0.15) is 19.4 Å². The van der Waals surface area contributed by atoms with Crippen LogP contribution in [-0.4, -0.2) is 62.0 Å². The van der Waals surface area contributed by atoms with Crippen molar-refractivity contribution in [3.63, 3.8) is 0 Å². The van der Waals surface area contributed by atoms with E-state index < -0.39 is 63.4 Å². The molecule has 4 atom stereocenters. The van der Waals surface area contributed by atoms with Gasteiger partial charge in [-0.25, -0.2) is 18.0 Å². The summed E-state index contributed by atoms with van der Waals surface area (Å²) in [4.78, 5) is 24.4. The molecular formula is C31H32N2O11S. The first-order chi connectivity index (χ1) is 21.2. The van der Waals surface area contributed by atoms with Gasteiger partial charge in [-0.05, 0) is 56.2 Å². The van der Waals surface area contributed by atoms with Gasteiger partial charge >= 0.3 is 11.7 Å². The molecule has 1 aliphatic rings. The molecule has 0 spiro atoms. The van der Waals surface area contributed by atoms with Crippen LogP contribution in [0.25, 0.3) is 22.1 Å². The molecule has 3 unspecified atom stereocenters. The minimum Gasteiger partial charge on any atom is -0.505 e. The number of carbonyl (C=O) groups is 1. The van der Waals surface area contributed by atoms with Crippen molar-refractivity contribution < 1.29 is 46.8 Å². The molecule has 14 heteroatoms. The average molecular weight is 641 g/mol. The average Bonchev–Trinajstić information content (AvgIpc) is 2.99. The van der Waals surface area contributed by atoms with Gasteiger partial charge in [0.15, 0.2) is 23.6 Å². The van der Waals surface area contributed by atoms with Crippen molar-refractivity contribution in [2.45, 2.75) is 55.9 Å². The monoisotopic (exact) mass is 640 g/mol. The van der Waals surface area contributed by atoms with E-state index in [1.165, 1.54) is 38.3 Å². The van der Waals surface area contributed by atoms with Crippen LogP contribution in [0.2, 0.25) is 0 Å². The van der Waals surface area contributed by atoms with Crippen molar-refractivity contribution in [3.8, 4) is 22.6 Å². The van der Waals surface area contributed by atoms with Crippen LogP contribution in [0.5, 0.6) is 11.5 Å². The number of carbonyl (C=O) groups excluding carboxylic acids is 1. The lowest BCUT2D eigenvalue weighted by Crippen LogP contribution is -2.65. The summed E-state index contributed by atoms with van der Waals surface area (Å²) >= 11 is 0. The maximum atomic E-state index is 13.3. The van der Waals surface area contributed by atoms with Crippen LogP contribution in [0.15, 0.2) is 80.8 Å². The number of aromatic hydroxyl groups is 1. The molecule has 45 heavy (non-hydrogen) atoms. The van der Waals surface area contributed by atoms with Crippen molar-refractivity contribution in [2.75, 3.05) is 11.8 Å². The zero-order chi connectivity index (χ0) is 32.7. The van der Waals surface area contributed by atoms with Crippen molar-refractivity contribution in [3.05, 3.63) is 82.7 Å². The van der Waals surface area contributed by atoms with Crippen LogP contribution in [0.4, 0.5) is 10.5 Å². The molecule has 3 aromatic carbocycles. The van der Waals surface area contributed by atoms with Crippen LogP contribution in [0.3, 0.4) is 0 Å². The van der Waals surface area contributed by atoms with Gasteiger partial charge in [0.05, 0.1) is 15.9 Å². The van der Waals surface area contributed by atoms with Crippen molar-refractivity contribution in [1.82, 2.24) is 0 Å². The highest BCUT2D eigenvalue weighted by atomic mass is 32.2. The van der Waals surface area contributed by atoms with E-state index in [0.717, 1.165) is 5.56 Å². The number of nitrogens with two attached hydrogens (primary N) is 1. The molecule has 13 nitrogen and oxygen atoms in total. The first-order valence-electron chi connectivity index (χ1n) is 13.7. The number of aliphatic hydroxyl groups is 1. The molecule has 0 saturated carbocycles. The van der Waals surface area contributed by atoms with E-state index in [4.69, 9.17) is 29.1 Å². The number of primary amides is 1. The van der Waals surface area contributed by atoms with E-state index in [9.17, 15) is 28.2 Å². The number of methoxy groups -OCH3 is 1. The second kappa shape index (κ2) is 12.0. The Balaban J connectivity index is 1.45. The predicted molar refractivity (Wildman–Crippen MR) is 162 cm³/mol. The summed E-state index contributed by atoms with van der Waals surface area (Å²) in [6.07, 6.45) is -6.19. The van der Waals surface area contributed by atoms with Gasteiger partial charge in [-0.1, -0.05) is 42.5 Å². The number of amides is 1. The third-order valence-corrected chi connectivity index (χ3v) is 8.85. The predicted octanol–water partition coefficient (Wildman–Crippen LogP) is 3.63. The Morgan fingerprint density at radius 1 is 1.04 bits per heavy atom. The molecule has 1 fully saturated rings. The highest BCUT2D eigenvalue weighted by molar-refractivity contribution is 7.92. The van der Waals surface area contributed by atoms with E-state index in [-0.39, 0.29) is 27.2 Å². The van der Waals surface area contributed by atoms with Gasteiger partial charge in [0.25, 0.3) is 10.0 Å². The number of hydrogen-bond donors (Lipinski definition) is 4. The third kappa shape index (κ3) is 6.17. The fourth-order valence-electron chi connectivity index (χ4n) is 5.32. The van der Waals surface area contributed by atoms with Gasteiger partial charge in [0.1, 0.15) is 17.4 Å². The van der Waals surface area contributed by atoms with Crippen LogP contribution in [0, 0.1) is 6.92 Å². The zero-order valence-electron chi connectivity index (χ0n) is 24.7. The lowest BCUT2D eigenvalue weighted by molar-refractivity contribution is -0.304. The maximum absolute atomic E-state index is 13.3. The fourth-order valence-corrected chi connectivity index (χ4v) is 6.43. The molecule has 5 N–H and O–H groups in total. The van der Waals surface area contributed by atoms with E-state index in [1.54, 1.807) is 26.0 Å². The lowest BCUT2D eigenvalue weighted by atomic mass is 9.89. The number of hydrogen-bond acceptors (Lipinski definition) is 11. The topological polar surface area (TPSA) is 197 Å². The Labute approximate surface area is 258 Å². The molecule has 0 radical (unpaired) electrons. The minimum atomic E-state index is -4.33. The standard InChI is InChI=1S/C31H32N2O11S/c1-16-21(41-29-24(35)26(43-30(32)37)27(40-4)31(2,3)44-29)14-13-20-23(34)22(28(36)42-25(16)20)33-45(38,39)19-12-8-11-18(15-19)17-9-6-5-7-10-17/h5-15,24,26-27,29,33-35H,1-4H3,(H2,32,37)/t24?,26?,27?,29-/m1/s1. The number of fused-ring (bicyclic) bond motifs is 1. The molecular weight excluding hydrogens is 608 g/mol. The Morgan fingerprint density at radius 3 is 2.40 bits per heavy atom. The van der Waals surface area contributed by atoms with Crippen molar-refractivity contribution in [2.24, 2.45) is 5.73 Å². The first-order valence-corrected chi connectivity index (χ1v) is 15.2. The van der Waals surface area contributed by atoms with Gasteiger partial charge in [-0.15, -0.1) is 0 Å². The summed E-state index contributed by atoms with van der Waals surface area (Å²) in [5.74, 6) is -0.573. The summed E-state index contributed by atoms with van der Waals surface area (Å²) in [7, 11) is -2.97. The molecule has 5 rings (SSSR count). The highest BCUT2D eigenvalue weighted by Crippen LogP contribution is 2.39. The molecule has 2 heterocycles. The summed E-state index contributed by atoms with van der Waals surface area (Å²) in [6.45, 7) is 4.81. The molecule has 238 valence electrons. The number of aryl methyl sites for hydroxylation is 1. The normalized spacial score (nSPS) is 21.3. The van der Waals surface area contributed by atoms with E-state index in [2.05, 4.69) is 4.72 Å². The van der Waals surface area contributed by atoms with Gasteiger partial charge in [0, 0.05) is 12.7 Å². The maximum Gasteiger partial charge on any atom is 0.404 e. The van der Waals surface area contributed by atoms with Gasteiger partial charge in [0.2, 0.25) is 6.29 Å². The number of aliphatic hydroxyl groups excluding tert-OH is 1. The third-order valence-electron chi connectivity index (χ3n) is 7.50. The van der Waals surface area contributed by atoms with Gasteiger partial charge in [-0.2, -0.15) is 0 Å². The molecule has 1 amide bonds. The minimum absolute atomic E-state index is 0.00927.